The molecular formula is C12H18O2. The standard InChI is InChI=1S/C12H18O2/c1-2-8-5-6-10(13)7-11(8)12(14)9-3-4-9/h8-9,11H,2-7H2,1H3. The number of Topliss-reactive ketones (excluding diaryl/α,β-unsaturated/α-hetero) is 2. The number of carbonyl (C=O) groups is 2. The molecule has 0 radical (unpaired) electrons. The van der Waals surface area contributed by atoms with Crippen LogP contribution < -0.4 is 0 Å². The van der Waals surface area contributed by atoms with E-state index >= 15 is 0 Å². The van der Waals surface area contributed by atoms with Crippen LogP contribution >= 0.6 is 0 Å². The zero-order valence-electron chi connectivity index (χ0n) is 8.79. The summed E-state index contributed by atoms with van der Waals surface area (Å²) in [7, 11) is 0. The van der Waals surface area contributed by atoms with E-state index in [2.05, 4.69) is 6.92 Å². The maximum Gasteiger partial charge on any atom is 0.139 e. The molecule has 14 heavy (non-hydrogen) atoms. The SMILES string of the molecule is CCC1CCC(=O)CC1C(=O)C1CC1. The van der Waals surface area contributed by atoms with Gasteiger partial charge in [-0.2, -0.15) is 0 Å². The van der Waals surface area contributed by atoms with Crippen LogP contribution in [0.15, 0.2) is 0 Å². The van der Waals surface area contributed by atoms with Crippen LogP contribution in [0.2, 0.25) is 0 Å². The van der Waals surface area contributed by atoms with Crippen LogP contribution in [-0.2, 0) is 9.59 Å². The zero-order chi connectivity index (χ0) is 10.1. The highest BCUT2D eigenvalue weighted by atomic mass is 16.1. The van der Waals surface area contributed by atoms with E-state index in [4.69, 9.17) is 0 Å². The predicted octanol–water partition coefficient (Wildman–Crippen LogP) is 2.36. The maximum absolute atomic E-state index is 11.9. The van der Waals surface area contributed by atoms with Crippen molar-refractivity contribution in [3.8, 4) is 0 Å². The van der Waals surface area contributed by atoms with E-state index in [9.17, 15) is 9.59 Å². The Morgan fingerprint density at radius 1 is 1.36 bits per heavy atom. The molecule has 0 heterocycles. The molecule has 0 aliphatic heterocycles. The minimum atomic E-state index is 0.0775. The Bertz CT molecular complexity index is 253. The molecule has 0 aromatic heterocycles. The summed E-state index contributed by atoms with van der Waals surface area (Å²) in [5.41, 5.74) is 0. The highest BCUT2D eigenvalue weighted by Gasteiger charge is 2.40. The molecule has 2 heteroatoms. The van der Waals surface area contributed by atoms with E-state index < -0.39 is 0 Å². The van der Waals surface area contributed by atoms with Crippen molar-refractivity contribution < 1.29 is 9.59 Å². The molecule has 0 amide bonds. The van der Waals surface area contributed by atoms with E-state index in [1.165, 1.54) is 0 Å². The second-order valence-electron chi connectivity index (χ2n) is 4.73. The van der Waals surface area contributed by atoms with Crippen LogP contribution in [0.4, 0.5) is 0 Å². The summed E-state index contributed by atoms with van der Waals surface area (Å²) >= 11 is 0. The van der Waals surface area contributed by atoms with Crippen molar-refractivity contribution in [2.45, 2.75) is 45.4 Å². The first-order valence-electron chi connectivity index (χ1n) is 5.77. The summed E-state index contributed by atoms with van der Waals surface area (Å²) in [6.45, 7) is 2.13. The van der Waals surface area contributed by atoms with Crippen LogP contribution in [0.5, 0.6) is 0 Å². The van der Waals surface area contributed by atoms with Crippen molar-refractivity contribution in [3.05, 3.63) is 0 Å². The highest BCUT2D eigenvalue weighted by Crippen LogP contribution is 2.39. The summed E-state index contributed by atoms with van der Waals surface area (Å²) < 4.78 is 0. The Kier molecular flexibility index (Phi) is 2.71. The molecule has 2 saturated carbocycles. The summed E-state index contributed by atoms with van der Waals surface area (Å²) in [5, 5.41) is 0. The van der Waals surface area contributed by atoms with Gasteiger partial charge in [-0.1, -0.05) is 13.3 Å². The maximum atomic E-state index is 11.9. The van der Waals surface area contributed by atoms with Crippen molar-refractivity contribution >= 4 is 11.6 Å². The molecular weight excluding hydrogens is 176 g/mol. The average Bonchev–Trinajstić information content (AvgIpc) is 3.00. The van der Waals surface area contributed by atoms with Gasteiger partial charge in [0.1, 0.15) is 11.6 Å². The van der Waals surface area contributed by atoms with Crippen molar-refractivity contribution in [1.29, 1.82) is 0 Å². The lowest BCUT2D eigenvalue weighted by molar-refractivity contribution is -0.133. The van der Waals surface area contributed by atoms with E-state index in [1.807, 2.05) is 0 Å². The highest BCUT2D eigenvalue weighted by molar-refractivity contribution is 5.91. The molecule has 0 spiro atoms. The number of carbonyl (C=O) groups excluding carboxylic acids is 2. The van der Waals surface area contributed by atoms with E-state index in [0.29, 0.717) is 36.2 Å². The van der Waals surface area contributed by atoms with Gasteiger partial charge in [0.2, 0.25) is 0 Å². The van der Waals surface area contributed by atoms with E-state index in [-0.39, 0.29) is 5.92 Å². The minimum absolute atomic E-state index is 0.0775. The van der Waals surface area contributed by atoms with Crippen molar-refractivity contribution in [1.82, 2.24) is 0 Å². The molecule has 2 atom stereocenters. The van der Waals surface area contributed by atoms with E-state index in [1.54, 1.807) is 0 Å². The van der Waals surface area contributed by atoms with Gasteiger partial charge in [-0.3, -0.25) is 9.59 Å². The van der Waals surface area contributed by atoms with Crippen LogP contribution in [0.3, 0.4) is 0 Å². The largest absolute Gasteiger partial charge is 0.300 e. The normalized spacial score (nSPS) is 33.1. The summed E-state index contributed by atoms with van der Waals surface area (Å²) in [6, 6.07) is 0. The molecule has 2 aliphatic rings. The second kappa shape index (κ2) is 3.84. The Morgan fingerprint density at radius 3 is 2.64 bits per heavy atom. The van der Waals surface area contributed by atoms with Crippen molar-refractivity contribution in [2.75, 3.05) is 0 Å². The van der Waals surface area contributed by atoms with Crippen LogP contribution in [-0.4, -0.2) is 11.6 Å². The van der Waals surface area contributed by atoms with Crippen LogP contribution in [0.1, 0.15) is 45.4 Å². The monoisotopic (exact) mass is 194 g/mol. The van der Waals surface area contributed by atoms with Gasteiger partial charge >= 0.3 is 0 Å². The lowest BCUT2D eigenvalue weighted by Gasteiger charge is -2.28. The third-order valence-corrected chi connectivity index (χ3v) is 3.68. The minimum Gasteiger partial charge on any atom is -0.300 e. The van der Waals surface area contributed by atoms with Gasteiger partial charge in [0.25, 0.3) is 0 Å². The molecule has 0 aromatic carbocycles. The Labute approximate surface area is 85.1 Å². The lowest BCUT2D eigenvalue weighted by Crippen LogP contribution is -2.31. The summed E-state index contributed by atoms with van der Waals surface area (Å²) in [5.74, 6) is 1.58. The van der Waals surface area contributed by atoms with Gasteiger partial charge in [-0.05, 0) is 25.2 Å². The summed E-state index contributed by atoms with van der Waals surface area (Å²) in [6.07, 6.45) is 5.37. The first-order chi connectivity index (χ1) is 6.72. The second-order valence-corrected chi connectivity index (χ2v) is 4.73. The molecule has 2 aliphatic carbocycles. The molecule has 0 aromatic rings. The van der Waals surface area contributed by atoms with Gasteiger partial charge in [0, 0.05) is 24.7 Å². The smallest absolute Gasteiger partial charge is 0.139 e. The van der Waals surface area contributed by atoms with Gasteiger partial charge < -0.3 is 0 Å². The Morgan fingerprint density at radius 2 is 2.07 bits per heavy atom. The molecule has 0 saturated heterocycles. The molecule has 78 valence electrons. The van der Waals surface area contributed by atoms with Gasteiger partial charge in [0.15, 0.2) is 0 Å². The number of hydrogen-bond acceptors (Lipinski definition) is 2. The van der Waals surface area contributed by atoms with Crippen molar-refractivity contribution in [2.24, 2.45) is 17.8 Å². The number of rotatable bonds is 3. The Hall–Kier alpha value is -0.660. The molecule has 2 unspecified atom stereocenters. The molecule has 0 bridgehead atoms. The summed E-state index contributed by atoms with van der Waals surface area (Å²) in [4.78, 5) is 23.3. The fourth-order valence-corrected chi connectivity index (χ4v) is 2.55. The van der Waals surface area contributed by atoms with Gasteiger partial charge in [0.05, 0.1) is 0 Å². The first kappa shape index (κ1) is 9.88. The lowest BCUT2D eigenvalue weighted by atomic mass is 9.74. The molecule has 2 fully saturated rings. The van der Waals surface area contributed by atoms with Crippen LogP contribution in [0.25, 0.3) is 0 Å². The first-order valence-corrected chi connectivity index (χ1v) is 5.77. The molecule has 2 rings (SSSR count). The number of ketones is 2. The fourth-order valence-electron chi connectivity index (χ4n) is 2.55. The van der Waals surface area contributed by atoms with Crippen molar-refractivity contribution in [3.63, 3.8) is 0 Å². The van der Waals surface area contributed by atoms with Crippen LogP contribution in [0, 0.1) is 17.8 Å². The quantitative estimate of drug-likeness (QED) is 0.691. The third kappa shape index (κ3) is 1.89. The fraction of sp³-hybridized carbons (Fsp3) is 0.833. The predicted molar refractivity (Wildman–Crippen MR) is 53.9 cm³/mol. The number of hydrogen-bond donors (Lipinski definition) is 0. The topological polar surface area (TPSA) is 34.1 Å². The molecule has 0 N–H and O–H groups in total. The third-order valence-electron chi connectivity index (χ3n) is 3.68. The zero-order valence-corrected chi connectivity index (χ0v) is 8.79. The van der Waals surface area contributed by atoms with E-state index in [0.717, 1.165) is 25.7 Å². The Balaban J connectivity index is 2.03. The van der Waals surface area contributed by atoms with Gasteiger partial charge in [-0.25, -0.2) is 0 Å². The average molecular weight is 194 g/mol. The van der Waals surface area contributed by atoms with Gasteiger partial charge in [-0.15, -0.1) is 0 Å². The molecule has 2 nitrogen and oxygen atoms in total.